The maximum absolute atomic E-state index is 11.4. The first-order valence-corrected chi connectivity index (χ1v) is 5.18. The van der Waals surface area contributed by atoms with Crippen molar-refractivity contribution in [2.24, 2.45) is 7.05 Å². The minimum Gasteiger partial charge on any atom is -0.467 e. The molecule has 0 saturated heterocycles. The fourth-order valence-electron chi connectivity index (χ4n) is 1.48. The van der Waals surface area contributed by atoms with E-state index in [4.69, 9.17) is 4.42 Å². The van der Waals surface area contributed by atoms with Gasteiger partial charge in [-0.15, -0.1) is 0 Å². The van der Waals surface area contributed by atoms with Crippen molar-refractivity contribution in [3.05, 3.63) is 51.1 Å². The number of anilines is 1. The van der Waals surface area contributed by atoms with E-state index in [1.807, 2.05) is 13.0 Å². The molecule has 0 saturated carbocycles. The van der Waals surface area contributed by atoms with Gasteiger partial charge in [-0.2, -0.15) is 0 Å². The van der Waals surface area contributed by atoms with Crippen molar-refractivity contribution < 1.29 is 4.42 Å². The van der Waals surface area contributed by atoms with Gasteiger partial charge in [0.25, 0.3) is 5.56 Å². The monoisotopic (exact) mass is 235 g/mol. The topological polar surface area (TPSA) is 80.0 Å². The van der Waals surface area contributed by atoms with E-state index in [9.17, 15) is 9.59 Å². The molecule has 0 aliphatic rings. The average Bonchev–Trinajstić information content (AvgIpc) is 2.79. The Bertz CT molecular complexity index is 578. The van der Waals surface area contributed by atoms with Crippen LogP contribution in [0.1, 0.15) is 18.7 Å². The summed E-state index contributed by atoms with van der Waals surface area (Å²) in [5.74, 6) is 1.11. The number of nitrogens with one attached hydrogen (secondary N) is 2. The summed E-state index contributed by atoms with van der Waals surface area (Å²) in [5.41, 5.74) is -0.811. The van der Waals surface area contributed by atoms with Gasteiger partial charge in [0, 0.05) is 13.1 Å². The van der Waals surface area contributed by atoms with Crippen LogP contribution in [0.15, 0.2) is 38.5 Å². The number of nitrogens with zero attached hydrogens (tertiary/aromatic N) is 1. The number of aromatic amines is 1. The van der Waals surface area contributed by atoms with E-state index in [1.165, 1.54) is 13.1 Å². The predicted octanol–water partition coefficient (Wildman–Crippen LogP) is 0.840. The highest BCUT2D eigenvalue weighted by Crippen LogP contribution is 2.16. The highest BCUT2D eigenvalue weighted by molar-refractivity contribution is 5.34. The maximum Gasteiger partial charge on any atom is 0.329 e. The van der Waals surface area contributed by atoms with Crippen LogP contribution >= 0.6 is 0 Å². The number of hydrogen-bond donors (Lipinski definition) is 2. The van der Waals surface area contributed by atoms with Crippen LogP contribution in [0, 0.1) is 0 Å². The average molecular weight is 235 g/mol. The first-order valence-electron chi connectivity index (χ1n) is 5.18. The molecular weight excluding hydrogens is 222 g/mol. The van der Waals surface area contributed by atoms with Gasteiger partial charge in [-0.1, -0.05) is 0 Å². The molecule has 2 aromatic heterocycles. The summed E-state index contributed by atoms with van der Waals surface area (Å²) in [4.78, 5) is 25.3. The van der Waals surface area contributed by atoms with Gasteiger partial charge < -0.3 is 9.73 Å². The number of rotatable bonds is 3. The smallest absolute Gasteiger partial charge is 0.329 e. The first kappa shape index (κ1) is 11.3. The zero-order valence-electron chi connectivity index (χ0n) is 9.56. The predicted molar refractivity (Wildman–Crippen MR) is 63.0 cm³/mol. The Morgan fingerprint density at radius 2 is 2.24 bits per heavy atom. The van der Waals surface area contributed by atoms with Crippen molar-refractivity contribution in [3.63, 3.8) is 0 Å². The number of aromatic nitrogens is 2. The zero-order chi connectivity index (χ0) is 12.4. The van der Waals surface area contributed by atoms with E-state index in [-0.39, 0.29) is 11.6 Å². The molecule has 2 heterocycles. The Hall–Kier alpha value is -2.24. The van der Waals surface area contributed by atoms with E-state index in [1.54, 1.807) is 12.3 Å². The molecule has 0 bridgehead atoms. The molecule has 0 aliphatic heterocycles. The lowest BCUT2D eigenvalue weighted by atomic mass is 10.2. The maximum atomic E-state index is 11.4. The SMILES string of the molecule is C[C@H](Nc1cc(=O)n(C)c(=O)[nH]1)c1ccco1. The molecule has 0 amide bonds. The highest BCUT2D eigenvalue weighted by Gasteiger charge is 2.09. The Morgan fingerprint density at radius 3 is 2.82 bits per heavy atom. The van der Waals surface area contributed by atoms with E-state index in [2.05, 4.69) is 10.3 Å². The number of H-pyrrole nitrogens is 1. The van der Waals surface area contributed by atoms with Gasteiger partial charge >= 0.3 is 5.69 Å². The summed E-state index contributed by atoms with van der Waals surface area (Å²) in [6.07, 6.45) is 1.57. The summed E-state index contributed by atoms with van der Waals surface area (Å²) in [6.45, 7) is 1.87. The van der Waals surface area contributed by atoms with Crippen molar-refractivity contribution in [2.75, 3.05) is 5.32 Å². The third kappa shape index (κ3) is 2.30. The summed E-state index contributed by atoms with van der Waals surface area (Å²) in [6, 6.07) is 4.80. The fraction of sp³-hybridized carbons (Fsp3) is 0.273. The Kier molecular flexibility index (Phi) is 2.86. The van der Waals surface area contributed by atoms with Gasteiger partial charge in [0.1, 0.15) is 11.6 Å². The molecule has 0 fully saturated rings. The lowest BCUT2D eigenvalue weighted by molar-refractivity contribution is 0.490. The fourth-order valence-corrected chi connectivity index (χ4v) is 1.48. The summed E-state index contributed by atoms with van der Waals surface area (Å²) < 4.78 is 6.22. The molecule has 6 heteroatoms. The van der Waals surface area contributed by atoms with Crippen LogP contribution in [0.25, 0.3) is 0 Å². The Labute approximate surface area is 96.9 Å². The summed E-state index contributed by atoms with van der Waals surface area (Å²) in [5, 5.41) is 2.99. The van der Waals surface area contributed by atoms with Gasteiger partial charge in [0.05, 0.1) is 12.3 Å². The minimum atomic E-state index is -0.452. The zero-order valence-corrected chi connectivity index (χ0v) is 9.56. The minimum absolute atomic E-state index is 0.132. The molecule has 0 unspecified atom stereocenters. The van der Waals surface area contributed by atoms with Crippen LogP contribution < -0.4 is 16.6 Å². The van der Waals surface area contributed by atoms with Crippen LogP contribution in [0.3, 0.4) is 0 Å². The second kappa shape index (κ2) is 4.32. The van der Waals surface area contributed by atoms with E-state index >= 15 is 0 Å². The van der Waals surface area contributed by atoms with Gasteiger partial charge in [-0.3, -0.25) is 14.3 Å². The molecule has 2 aromatic rings. The molecule has 0 aliphatic carbocycles. The number of hydrogen-bond acceptors (Lipinski definition) is 4. The third-order valence-electron chi connectivity index (χ3n) is 2.49. The second-order valence-electron chi connectivity index (χ2n) is 3.77. The molecule has 17 heavy (non-hydrogen) atoms. The molecule has 0 radical (unpaired) electrons. The molecule has 1 atom stereocenters. The Morgan fingerprint density at radius 1 is 1.47 bits per heavy atom. The summed E-state index contributed by atoms with van der Waals surface area (Å²) >= 11 is 0. The van der Waals surface area contributed by atoms with Crippen LogP contribution in [-0.2, 0) is 7.05 Å². The lowest BCUT2D eigenvalue weighted by Crippen LogP contribution is -2.32. The van der Waals surface area contributed by atoms with Crippen molar-refractivity contribution in [2.45, 2.75) is 13.0 Å². The van der Waals surface area contributed by atoms with E-state index in [0.29, 0.717) is 5.82 Å². The molecular formula is C11H13N3O3. The van der Waals surface area contributed by atoms with Crippen LogP contribution in [0.2, 0.25) is 0 Å². The molecule has 6 nitrogen and oxygen atoms in total. The third-order valence-corrected chi connectivity index (χ3v) is 2.49. The normalized spacial score (nSPS) is 12.4. The van der Waals surface area contributed by atoms with E-state index in [0.717, 1.165) is 10.3 Å². The van der Waals surface area contributed by atoms with Crippen LogP contribution in [0.5, 0.6) is 0 Å². The molecule has 0 spiro atoms. The quantitative estimate of drug-likeness (QED) is 0.826. The van der Waals surface area contributed by atoms with Gasteiger partial charge in [0.2, 0.25) is 0 Å². The lowest BCUT2D eigenvalue weighted by Gasteiger charge is -2.12. The van der Waals surface area contributed by atoms with Gasteiger partial charge in [-0.25, -0.2) is 4.79 Å². The highest BCUT2D eigenvalue weighted by atomic mass is 16.3. The molecule has 2 rings (SSSR count). The van der Waals surface area contributed by atoms with Gasteiger partial charge in [0.15, 0.2) is 0 Å². The van der Waals surface area contributed by atoms with Gasteiger partial charge in [-0.05, 0) is 19.1 Å². The second-order valence-corrected chi connectivity index (χ2v) is 3.77. The van der Waals surface area contributed by atoms with Crippen molar-refractivity contribution in [1.29, 1.82) is 0 Å². The largest absolute Gasteiger partial charge is 0.467 e. The standard InChI is InChI=1S/C11H13N3O3/c1-7(8-4-3-5-17-8)12-9-6-10(15)14(2)11(16)13-9/h3-7,12H,1-2H3,(H,13,16)/t7-/m0/s1. The molecule has 90 valence electrons. The van der Waals surface area contributed by atoms with Crippen LogP contribution in [-0.4, -0.2) is 9.55 Å². The molecule has 0 aromatic carbocycles. The molecule has 2 N–H and O–H groups in total. The van der Waals surface area contributed by atoms with E-state index < -0.39 is 5.69 Å². The summed E-state index contributed by atoms with van der Waals surface area (Å²) in [7, 11) is 1.42. The first-order chi connectivity index (χ1) is 8.08. The van der Waals surface area contributed by atoms with Crippen molar-refractivity contribution >= 4 is 5.82 Å². The number of furan rings is 1. The van der Waals surface area contributed by atoms with Crippen molar-refractivity contribution in [1.82, 2.24) is 9.55 Å². The van der Waals surface area contributed by atoms with Crippen LogP contribution in [0.4, 0.5) is 5.82 Å². The Balaban J connectivity index is 2.25. The van der Waals surface area contributed by atoms with Crippen molar-refractivity contribution in [3.8, 4) is 0 Å².